The van der Waals surface area contributed by atoms with E-state index in [4.69, 9.17) is 4.52 Å². The van der Waals surface area contributed by atoms with E-state index in [1.807, 2.05) is 18.2 Å². The topological polar surface area (TPSA) is 91.5 Å². The Morgan fingerprint density at radius 2 is 2.00 bits per heavy atom. The minimum Gasteiger partial charge on any atom is -0.356 e. The zero-order chi connectivity index (χ0) is 22.2. The molecule has 1 aliphatic rings. The van der Waals surface area contributed by atoms with E-state index < -0.39 is 0 Å². The number of hydrogen-bond donors (Lipinski definition) is 2. The number of nitrogens with one attached hydrogen (secondary N) is 2. The van der Waals surface area contributed by atoms with Gasteiger partial charge in [0.2, 0.25) is 0 Å². The number of nitrogens with zero attached hydrogens (tertiary/aromatic N) is 5. The summed E-state index contributed by atoms with van der Waals surface area (Å²) < 4.78 is 5.32. The zero-order valence-electron chi connectivity index (χ0n) is 19.1. The minimum atomic E-state index is 0. The van der Waals surface area contributed by atoms with Gasteiger partial charge in [-0.25, -0.2) is 0 Å². The number of pyridine rings is 1. The summed E-state index contributed by atoms with van der Waals surface area (Å²) in [6, 6.07) is 17.2. The van der Waals surface area contributed by atoms with Gasteiger partial charge in [-0.05, 0) is 37.5 Å². The maximum atomic E-state index is 5.32. The molecule has 2 atom stereocenters. The highest BCUT2D eigenvalue weighted by atomic mass is 127. The highest BCUT2D eigenvalue weighted by Crippen LogP contribution is 2.20. The lowest BCUT2D eigenvalue weighted by Gasteiger charge is -2.38. The predicted octanol–water partition coefficient (Wildman–Crippen LogP) is 3.51. The quantitative estimate of drug-likeness (QED) is 0.259. The second-order valence-corrected chi connectivity index (χ2v) is 8.15. The number of guanidine groups is 1. The Balaban J connectivity index is 0.00000306. The van der Waals surface area contributed by atoms with Crippen LogP contribution in [-0.2, 0) is 13.0 Å². The van der Waals surface area contributed by atoms with Crippen molar-refractivity contribution in [3.8, 4) is 11.6 Å². The van der Waals surface area contributed by atoms with Crippen molar-refractivity contribution < 1.29 is 4.52 Å². The van der Waals surface area contributed by atoms with Crippen LogP contribution in [-0.4, -0.2) is 58.2 Å². The van der Waals surface area contributed by atoms with Crippen molar-refractivity contribution in [2.24, 2.45) is 4.99 Å². The first-order valence-corrected chi connectivity index (χ1v) is 11.2. The number of piperidine rings is 1. The molecule has 3 aromatic rings. The van der Waals surface area contributed by atoms with E-state index in [1.165, 1.54) is 5.56 Å². The molecule has 0 aliphatic carbocycles. The molecule has 9 heteroatoms. The van der Waals surface area contributed by atoms with Gasteiger partial charge >= 0.3 is 0 Å². The average molecular weight is 561 g/mol. The van der Waals surface area contributed by atoms with E-state index in [2.05, 4.69) is 72.9 Å². The van der Waals surface area contributed by atoms with Gasteiger partial charge in [0.25, 0.3) is 5.89 Å². The monoisotopic (exact) mass is 561 g/mol. The Morgan fingerprint density at radius 1 is 1.18 bits per heavy atom. The fraction of sp³-hybridized carbons (Fsp3) is 0.417. The summed E-state index contributed by atoms with van der Waals surface area (Å²) in [6.45, 7) is 5.06. The molecule has 0 saturated carbocycles. The molecule has 4 rings (SSSR count). The highest BCUT2D eigenvalue weighted by Gasteiger charge is 2.26. The molecular formula is C24H32IN7O. The number of hydrogen-bond acceptors (Lipinski definition) is 6. The summed E-state index contributed by atoms with van der Waals surface area (Å²) in [6.07, 6.45) is 4.54. The van der Waals surface area contributed by atoms with Gasteiger partial charge in [0.1, 0.15) is 5.69 Å². The lowest BCUT2D eigenvalue weighted by Crippen LogP contribution is -2.51. The lowest BCUT2D eigenvalue weighted by molar-refractivity contribution is 0.134. The molecule has 0 radical (unpaired) electrons. The molecule has 1 saturated heterocycles. The van der Waals surface area contributed by atoms with Crippen LogP contribution in [0.5, 0.6) is 0 Å². The second-order valence-electron chi connectivity index (χ2n) is 8.15. The van der Waals surface area contributed by atoms with E-state index in [1.54, 1.807) is 13.2 Å². The molecule has 0 spiro atoms. The maximum absolute atomic E-state index is 5.32. The maximum Gasteiger partial charge on any atom is 0.276 e. The Morgan fingerprint density at radius 3 is 2.73 bits per heavy atom. The standard InChI is InChI=1S/C24H31N7O.HI/c1-18-16-20(12-15-31(18)17-19-8-4-3-5-9-19)28-24(25-2)27-14-11-22-29-23(32-30-22)21-10-6-7-13-26-21;/h3-10,13,18,20H,11-12,14-17H2,1-2H3,(H2,25,27,28);1H. The van der Waals surface area contributed by atoms with Crippen molar-refractivity contribution in [1.29, 1.82) is 0 Å². The molecule has 1 aromatic carbocycles. The summed E-state index contributed by atoms with van der Waals surface area (Å²) in [5, 5.41) is 11.0. The molecule has 0 bridgehead atoms. The van der Waals surface area contributed by atoms with Crippen LogP contribution in [0, 0.1) is 0 Å². The van der Waals surface area contributed by atoms with Crippen LogP contribution in [0.2, 0.25) is 0 Å². The van der Waals surface area contributed by atoms with Gasteiger partial charge in [0.15, 0.2) is 11.8 Å². The Kier molecular flexibility index (Phi) is 9.61. The van der Waals surface area contributed by atoms with Crippen LogP contribution >= 0.6 is 24.0 Å². The van der Waals surface area contributed by atoms with Gasteiger partial charge in [0, 0.05) is 51.4 Å². The Hall–Kier alpha value is -2.53. The zero-order valence-corrected chi connectivity index (χ0v) is 21.5. The fourth-order valence-electron chi connectivity index (χ4n) is 4.03. The summed E-state index contributed by atoms with van der Waals surface area (Å²) in [5.41, 5.74) is 2.06. The van der Waals surface area contributed by atoms with Gasteiger partial charge in [-0.2, -0.15) is 4.98 Å². The van der Waals surface area contributed by atoms with E-state index >= 15 is 0 Å². The van der Waals surface area contributed by atoms with Gasteiger partial charge in [-0.1, -0.05) is 41.6 Å². The SMILES string of the molecule is CN=C(NCCc1noc(-c2ccccn2)n1)NC1CCN(Cc2ccccc2)C(C)C1.I. The normalized spacial score (nSPS) is 19.0. The molecule has 3 heterocycles. The highest BCUT2D eigenvalue weighted by molar-refractivity contribution is 14.0. The van der Waals surface area contributed by atoms with Crippen molar-refractivity contribution in [2.75, 3.05) is 20.1 Å². The third kappa shape index (κ3) is 7.23. The van der Waals surface area contributed by atoms with Gasteiger partial charge in [-0.15, -0.1) is 24.0 Å². The van der Waals surface area contributed by atoms with Crippen LogP contribution in [0.3, 0.4) is 0 Å². The number of likely N-dealkylation sites (tertiary alicyclic amines) is 1. The number of benzene rings is 1. The minimum absolute atomic E-state index is 0. The van der Waals surface area contributed by atoms with Crippen molar-refractivity contribution in [3.05, 3.63) is 66.1 Å². The number of aliphatic imine (C=N–C) groups is 1. The fourth-order valence-corrected chi connectivity index (χ4v) is 4.03. The van der Waals surface area contributed by atoms with Crippen LogP contribution < -0.4 is 10.6 Å². The molecule has 2 N–H and O–H groups in total. The molecular weight excluding hydrogens is 529 g/mol. The van der Waals surface area contributed by atoms with Gasteiger partial charge in [-0.3, -0.25) is 14.9 Å². The predicted molar refractivity (Wildman–Crippen MR) is 140 cm³/mol. The molecule has 1 aliphatic heterocycles. The van der Waals surface area contributed by atoms with Gasteiger partial charge in [0.05, 0.1) is 0 Å². The number of halogens is 1. The Bertz CT molecular complexity index is 996. The molecule has 2 unspecified atom stereocenters. The molecule has 1 fully saturated rings. The van der Waals surface area contributed by atoms with Crippen molar-refractivity contribution in [1.82, 2.24) is 30.7 Å². The third-order valence-electron chi connectivity index (χ3n) is 5.80. The Labute approximate surface area is 212 Å². The van der Waals surface area contributed by atoms with Crippen molar-refractivity contribution in [2.45, 2.75) is 44.8 Å². The summed E-state index contributed by atoms with van der Waals surface area (Å²) in [4.78, 5) is 15.6. The largest absolute Gasteiger partial charge is 0.356 e. The number of aromatic nitrogens is 3. The molecule has 0 amide bonds. The molecule has 33 heavy (non-hydrogen) atoms. The second kappa shape index (κ2) is 12.6. The van der Waals surface area contributed by atoms with Crippen LogP contribution in [0.4, 0.5) is 0 Å². The molecule has 176 valence electrons. The number of rotatable bonds is 7. The van der Waals surface area contributed by atoms with Crippen LogP contribution in [0.1, 0.15) is 31.2 Å². The molecule has 8 nitrogen and oxygen atoms in total. The van der Waals surface area contributed by atoms with Gasteiger partial charge < -0.3 is 15.2 Å². The lowest BCUT2D eigenvalue weighted by atomic mass is 9.97. The average Bonchev–Trinajstić information content (AvgIpc) is 3.30. The van der Waals surface area contributed by atoms with E-state index in [0.717, 1.165) is 31.9 Å². The summed E-state index contributed by atoms with van der Waals surface area (Å²) in [7, 11) is 1.80. The van der Waals surface area contributed by atoms with Crippen LogP contribution in [0.25, 0.3) is 11.6 Å². The smallest absolute Gasteiger partial charge is 0.276 e. The first-order valence-electron chi connectivity index (χ1n) is 11.2. The van der Waals surface area contributed by atoms with Crippen molar-refractivity contribution >= 4 is 29.9 Å². The van der Waals surface area contributed by atoms with E-state index in [-0.39, 0.29) is 24.0 Å². The summed E-state index contributed by atoms with van der Waals surface area (Å²) >= 11 is 0. The van der Waals surface area contributed by atoms with E-state index in [0.29, 0.717) is 42.5 Å². The first kappa shape index (κ1) is 25.1. The third-order valence-corrected chi connectivity index (χ3v) is 5.80. The van der Waals surface area contributed by atoms with E-state index in [9.17, 15) is 0 Å². The van der Waals surface area contributed by atoms with Crippen molar-refractivity contribution in [3.63, 3.8) is 0 Å². The summed E-state index contributed by atoms with van der Waals surface area (Å²) in [5.74, 6) is 1.91. The van der Waals surface area contributed by atoms with Crippen LogP contribution in [0.15, 0.2) is 64.2 Å². The first-order chi connectivity index (χ1) is 15.7. The molecule has 2 aromatic heterocycles.